The normalized spacial score (nSPS) is 15.3. The summed E-state index contributed by atoms with van der Waals surface area (Å²) in [6.07, 6.45) is 2.99. The average molecular weight is 386 g/mol. The van der Waals surface area contributed by atoms with Gasteiger partial charge in [-0.05, 0) is 44.4 Å². The summed E-state index contributed by atoms with van der Waals surface area (Å²) < 4.78 is 5.22. The van der Waals surface area contributed by atoms with Crippen LogP contribution in [0, 0.1) is 19.8 Å². The van der Waals surface area contributed by atoms with Gasteiger partial charge in [-0.3, -0.25) is 4.79 Å². The molecule has 3 aromatic rings. The standard InChI is InChI=1S/C19H20ClN5O2/c1-11-14(20)4-3-5-15(11)23-18(26)13-6-8-25(9-7-13)17-16-12(2)24-27-19(16)22-10-21-17/h3-5,10,13H,6-9H2,1-2H3,(H,23,26). The summed E-state index contributed by atoms with van der Waals surface area (Å²) >= 11 is 6.14. The minimum absolute atomic E-state index is 0.0361. The van der Waals surface area contributed by atoms with Crippen LogP contribution in [0.1, 0.15) is 24.1 Å². The van der Waals surface area contributed by atoms with E-state index >= 15 is 0 Å². The van der Waals surface area contributed by atoms with Crippen LogP contribution in [0.2, 0.25) is 5.02 Å². The zero-order valence-electron chi connectivity index (χ0n) is 15.2. The van der Waals surface area contributed by atoms with Crippen LogP contribution in [-0.2, 0) is 4.79 Å². The molecule has 0 unspecified atom stereocenters. The third-order valence-electron chi connectivity index (χ3n) is 5.11. The van der Waals surface area contributed by atoms with Gasteiger partial charge in [-0.15, -0.1) is 0 Å². The molecule has 140 valence electrons. The lowest BCUT2D eigenvalue weighted by atomic mass is 9.95. The van der Waals surface area contributed by atoms with Gasteiger partial charge in [-0.25, -0.2) is 4.98 Å². The highest BCUT2D eigenvalue weighted by Crippen LogP contribution is 2.30. The number of nitrogens with one attached hydrogen (secondary N) is 1. The number of nitrogens with zero attached hydrogens (tertiary/aromatic N) is 4. The second-order valence-electron chi connectivity index (χ2n) is 6.81. The molecular weight excluding hydrogens is 366 g/mol. The van der Waals surface area contributed by atoms with Gasteiger partial charge in [0.2, 0.25) is 5.91 Å². The van der Waals surface area contributed by atoms with Crippen molar-refractivity contribution in [3.63, 3.8) is 0 Å². The molecule has 0 aliphatic carbocycles. The molecule has 0 radical (unpaired) electrons. The average Bonchev–Trinajstić information content (AvgIpc) is 3.07. The van der Waals surface area contributed by atoms with E-state index in [0.29, 0.717) is 10.7 Å². The summed E-state index contributed by atoms with van der Waals surface area (Å²) in [6.45, 7) is 5.26. The number of halogens is 1. The minimum Gasteiger partial charge on any atom is -0.356 e. The molecular formula is C19H20ClN5O2. The van der Waals surface area contributed by atoms with Crippen LogP contribution in [-0.4, -0.2) is 34.1 Å². The Labute approximate surface area is 161 Å². The molecule has 1 N–H and O–H groups in total. The lowest BCUT2D eigenvalue weighted by molar-refractivity contribution is -0.120. The molecule has 1 aliphatic heterocycles. The number of rotatable bonds is 3. The second-order valence-corrected chi connectivity index (χ2v) is 7.22. The van der Waals surface area contributed by atoms with E-state index in [1.807, 2.05) is 32.0 Å². The Morgan fingerprint density at radius 3 is 2.81 bits per heavy atom. The molecule has 1 saturated heterocycles. The Kier molecular flexibility index (Phi) is 4.70. The maximum atomic E-state index is 12.7. The monoisotopic (exact) mass is 385 g/mol. The van der Waals surface area contributed by atoms with Crippen molar-refractivity contribution in [2.75, 3.05) is 23.3 Å². The van der Waals surface area contributed by atoms with E-state index in [9.17, 15) is 4.79 Å². The van der Waals surface area contributed by atoms with Gasteiger partial charge in [0, 0.05) is 29.7 Å². The summed E-state index contributed by atoms with van der Waals surface area (Å²) in [5.74, 6) is 0.817. The van der Waals surface area contributed by atoms with Crippen LogP contribution in [0.4, 0.5) is 11.5 Å². The van der Waals surface area contributed by atoms with Crippen LogP contribution >= 0.6 is 11.6 Å². The number of carbonyl (C=O) groups is 1. The largest absolute Gasteiger partial charge is 0.356 e. The molecule has 0 bridgehead atoms. The van der Waals surface area contributed by atoms with Crippen molar-refractivity contribution in [1.29, 1.82) is 0 Å². The van der Waals surface area contributed by atoms with E-state index in [1.54, 1.807) is 0 Å². The van der Waals surface area contributed by atoms with E-state index in [1.165, 1.54) is 6.33 Å². The van der Waals surface area contributed by atoms with E-state index in [4.69, 9.17) is 16.1 Å². The van der Waals surface area contributed by atoms with Gasteiger partial charge < -0.3 is 14.7 Å². The fraction of sp³-hybridized carbons (Fsp3) is 0.368. The maximum Gasteiger partial charge on any atom is 0.263 e. The van der Waals surface area contributed by atoms with Crippen molar-refractivity contribution >= 4 is 40.1 Å². The number of hydrogen-bond donors (Lipinski definition) is 1. The minimum atomic E-state index is -0.0412. The number of fused-ring (bicyclic) bond motifs is 1. The number of aromatic nitrogens is 3. The van der Waals surface area contributed by atoms with Crippen LogP contribution in [0.5, 0.6) is 0 Å². The topological polar surface area (TPSA) is 84.2 Å². The van der Waals surface area contributed by atoms with Crippen LogP contribution < -0.4 is 10.2 Å². The highest BCUT2D eigenvalue weighted by atomic mass is 35.5. The van der Waals surface area contributed by atoms with Gasteiger partial charge in [-0.2, -0.15) is 4.98 Å². The highest BCUT2D eigenvalue weighted by molar-refractivity contribution is 6.31. The van der Waals surface area contributed by atoms with Crippen LogP contribution in [0.25, 0.3) is 11.1 Å². The molecule has 2 aromatic heterocycles. The number of hydrogen-bond acceptors (Lipinski definition) is 6. The third kappa shape index (κ3) is 3.35. The molecule has 0 saturated carbocycles. The van der Waals surface area contributed by atoms with Crippen molar-refractivity contribution < 1.29 is 9.32 Å². The molecule has 7 nitrogen and oxygen atoms in total. The van der Waals surface area contributed by atoms with Crippen LogP contribution in [0.15, 0.2) is 29.0 Å². The van der Waals surface area contributed by atoms with Gasteiger partial charge in [0.05, 0.1) is 5.69 Å². The Balaban J connectivity index is 1.45. The van der Waals surface area contributed by atoms with Crippen molar-refractivity contribution in [1.82, 2.24) is 15.1 Å². The summed E-state index contributed by atoms with van der Waals surface area (Å²) in [5, 5.41) is 8.49. The van der Waals surface area contributed by atoms with E-state index in [-0.39, 0.29) is 11.8 Å². The quantitative estimate of drug-likeness (QED) is 0.739. The fourth-order valence-electron chi connectivity index (χ4n) is 3.47. The first kappa shape index (κ1) is 17.7. The van der Waals surface area contributed by atoms with Crippen LogP contribution in [0.3, 0.4) is 0 Å². The molecule has 0 atom stereocenters. The van der Waals surface area contributed by atoms with Crippen molar-refractivity contribution in [3.8, 4) is 0 Å². The Bertz CT molecular complexity index is 995. The second kappa shape index (κ2) is 7.15. The molecule has 1 aliphatic rings. The zero-order chi connectivity index (χ0) is 19.0. The number of amides is 1. The zero-order valence-corrected chi connectivity index (χ0v) is 16.0. The Morgan fingerprint density at radius 1 is 1.26 bits per heavy atom. The molecule has 1 fully saturated rings. The van der Waals surface area contributed by atoms with Crippen molar-refractivity contribution in [3.05, 3.63) is 40.8 Å². The summed E-state index contributed by atoms with van der Waals surface area (Å²) in [7, 11) is 0. The predicted octanol–water partition coefficient (Wildman–Crippen LogP) is 3.74. The first-order valence-electron chi connectivity index (χ1n) is 8.92. The molecule has 4 rings (SSSR count). The SMILES string of the molecule is Cc1c(Cl)cccc1NC(=O)C1CCN(c2ncnc3onc(C)c23)CC1. The highest BCUT2D eigenvalue weighted by Gasteiger charge is 2.28. The van der Waals surface area contributed by atoms with Gasteiger partial charge in [0.25, 0.3) is 5.71 Å². The molecule has 3 heterocycles. The van der Waals surface area contributed by atoms with E-state index < -0.39 is 0 Å². The summed E-state index contributed by atoms with van der Waals surface area (Å²) in [5.41, 5.74) is 2.93. The predicted molar refractivity (Wildman–Crippen MR) is 104 cm³/mol. The summed E-state index contributed by atoms with van der Waals surface area (Å²) in [4.78, 5) is 23.4. The van der Waals surface area contributed by atoms with E-state index in [0.717, 1.165) is 54.1 Å². The first-order chi connectivity index (χ1) is 13.0. The number of benzene rings is 1. The molecule has 27 heavy (non-hydrogen) atoms. The van der Waals surface area contributed by atoms with Gasteiger partial charge in [0.15, 0.2) is 0 Å². The van der Waals surface area contributed by atoms with Crippen molar-refractivity contribution in [2.45, 2.75) is 26.7 Å². The Morgan fingerprint density at radius 2 is 2.04 bits per heavy atom. The van der Waals surface area contributed by atoms with Gasteiger partial charge in [-0.1, -0.05) is 22.8 Å². The fourth-order valence-corrected chi connectivity index (χ4v) is 3.65. The maximum absolute atomic E-state index is 12.7. The molecule has 1 aromatic carbocycles. The number of carbonyl (C=O) groups excluding carboxylic acids is 1. The number of anilines is 2. The summed E-state index contributed by atoms with van der Waals surface area (Å²) in [6, 6.07) is 5.54. The molecule has 8 heteroatoms. The van der Waals surface area contributed by atoms with Gasteiger partial charge in [0.1, 0.15) is 17.5 Å². The lowest BCUT2D eigenvalue weighted by Gasteiger charge is -2.32. The molecule has 0 spiro atoms. The molecule has 1 amide bonds. The smallest absolute Gasteiger partial charge is 0.263 e. The van der Waals surface area contributed by atoms with E-state index in [2.05, 4.69) is 25.3 Å². The first-order valence-corrected chi connectivity index (χ1v) is 9.30. The Hall–Kier alpha value is -2.67. The van der Waals surface area contributed by atoms with Crippen molar-refractivity contribution in [2.24, 2.45) is 5.92 Å². The number of piperidine rings is 1. The number of aryl methyl sites for hydroxylation is 1. The lowest BCUT2D eigenvalue weighted by Crippen LogP contribution is -2.38. The van der Waals surface area contributed by atoms with Gasteiger partial charge >= 0.3 is 0 Å². The third-order valence-corrected chi connectivity index (χ3v) is 5.52.